The van der Waals surface area contributed by atoms with Gasteiger partial charge in [-0.25, -0.2) is 14.3 Å². The summed E-state index contributed by atoms with van der Waals surface area (Å²) in [7, 11) is 1.32. The number of methoxy groups -OCH3 is 1. The molecule has 0 atom stereocenters. The number of carbonyl (C=O) groups excluding carboxylic acids is 2. The lowest BCUT2D eigenvalue weighted by molar-refractivity contribution is 0.0464. The van der Waals surface area contributed by atoms with E-state index in [2.05, 4.69) is 16.8 Å². The fourth-order valence-electron chi connectivity index (χ4n) is 3.12. The molecule has 0 fully saturated rings. The van der Waals surface area contributed by atoms with E-state index in [1.54, 1.807) is 48.5 Å². The number of unbranched alkanes of at least 4 members (excludes halogenated alkanes) is 2. The molecule has 0 saturated carbocycles. The molecular weight excluding hydrogens is 384 g/mol. The highest BCUT2D eigenvalue weighted by Gasteiger charge is 2.18. The van der Waals surface area contributed by atoms with Crippen molar-refractivity contribution >= 4 is 22.7 Å². The number of nitrogens with zero attached hydrogens (tertiary/aromatic N) is 2. The Balaban J connectivity index is 1.82. The van der Waals surface area contributed by atoms with Crippen LogP contribution in [0.5, 0.6) is 0 Å². The maximum atomic E-state index is 12.8. The molecule has 0 aliphatic carbocycles. The molecule has 0 N–H and O–H groups in total. The van der Waals surface area contributed by atoms with E-state index in [-0.39, 0.29) is 17.9 Å². The molecule has 3 aromatic rings. The molecule has 0 aliphatic rings. The second-order valence-corrected chi connectivity index (χ2v) is 6.89. The summed E-state index contributed by atoms with van der Waals surface area (Å²) in [5, 5.41) is 5.22. The van der Waals surface area contributed by atoms with Gasteiger partial charge < -0.3 is 9.47 Å². The summed E-state index contributed by atoms with van der Waals surface area (Å²) in [6.07, 6.45) is 2.80. The first-order valence-corrected chi connectivity index (χ1v) is 9.89. The van der Waals surface area contributed by atoms with Crippen LogP contribution in [-0.2, 0) is 22.6 Å². The number of aromatic nitrogens is 2. The van der Waals surface area contributed by atoms with E-state index in [1.165, 1.54) is 11.8 Å². The van der Waals surface area contributed by atoms with Gasteiger partial charge in [0.05, 0.1) is 18.1 Å². The smallest absolute Gasteiger partial charge is 0.359 e. The van der Waals surface area contributed by atoms with E-state index in [0.29, 0.717) is 22.9 Å². The van der Waals surface area contributed by atoms with Crippen molar-refractivity contribution in [1.82, 2.24) is 9.78 Å². The van der Waals surface area contributed by atoms with Crippen LogP contribution < -0.4 is 5.56 Å². The number of hydrogen-bond acceptors (Lipinski definition) is 6. The molecule has 0 aliphatic heterocycles. The largest absolute Gasteiger partial charge is 0.465 e. The van der Waals surface area contributed by atoms with Crippen molar-refractivity contribution < 1.29 is 19.1 Å². The monoisotopic (exact) mass is 408 g/mol. The normalized spacial score (nSPS) is 10.7. The number of benzene rings is 2. The molecular formula is C23H24N2O5. The van der Waals surface area contributed by atoms with E-state index in [4.69, 9.17) is 4.74 Å². The Kier molecular flexibility index (Phi) is 6.95. The van der Waals surface area contributed by atoms with Crippen molar-refractivity contribution in [3.63, 3.8) is 0 Å². The van der Waals surface area contributed by atoms with Crippen molar-refractivity contribution in [2.75, 3.05) is 7.11 Å². The molecule has 0 radical (unpaired) electrons. The van der Waals surface area contributed by atoms with Gasteiger partial charge >= 0.3 is 11.9 Å². The van der Waals surface area contributed by atoms with Crippen molar-refractivity contribution in [1.29, 1.82) is 0 Å². The van der Waals surface area contributed by atoms with Crippen LogP contribution in [0.2, 0.25) is 0 Å². The third kappa shape index (κ3) is 4.74. The molecule has 7 nitrogen and oxygen atoms in total. The standard InChI is InChI=1S/C23H24N2O5/c1-3-4-7-14-25-21(26)19-9-6-5-8-18(19)20(24-25)23(28)30-15-16-10-12-17(13-11-16)22(27)29-2/h5-6,8-13H,3-4,7,14-15H2,1-2H3. The van der Waals surface area contributed by atoms with Crippen LogP contribution >= 0.6 is 0 Å². The highest BCUT2D eigenvalue weighted by atomic mass is 16.5. The van der Waals surface area contributed by atoms with Gasteiger partial charge in [-0.15, -0.1) is 0 Å². The summed E-state index contributed by atoms with van der Waals surface area (Å²) in [5.41, 5.74) is 1.04. The Morgan fingerprint density at radius 2 is 1.67 bits per heavy atom. The number of aryl methyl sites for hydroxylation is 1. The zero-order valence-electron chi connectivity index (χ0n) is 17.1. The van der Waals surface area contributed by atoms with Crippen LogP contribution in [0.25, 0.3) is 10.8 Å². The highest BCUT2D eigenvalue weighted by Crippen LogP contribution is 2.16. The Labute approximate surface area is 174 Å². The van der Waals surface area contributed by atoms with E-state index in [9.17, 15) is 14.4 Å². The van der Waals surface area contributed by atoms with E-state index < -0.39 is 11.9 Å². The van der Waals surface area contributed by atoms with E-state index in [0.717, 1.165) is 24.8 Å². The maximum Gasteiger partial charge on any atom is 0.359 e. The molecule has 1 heterocycles. The van der Waals surface area contributed by atoms with Crippen LogP contribution in [0.4, 0.5) is 0 Å². The lowest BCUT2D eigenvalue weighted by Gasteiger charge is -2.11. The quantitative estimate of drug-likeness (QED) is 0.417. The van der Waals surface area contributed by atoms with Gasteiger partial charge in [0, 0.05) is 11.9 Å². The fourth-order valence-corrected chi connectivity index (χ4v) is 3.12. The van der Waals surface area contributed by atoms with Gasteiger partial charge in [0.2, 0.25) is 0 Å². The molecule has 156 valence electrons. The second kappa shape index (κ2) is 9.82. The molecule has 30 heavy (non-hydrogen) atoms. The fraction of sp³-hybridized carbons (Fsp3) is 0.304. The first kappa shape index (κ1) is 21.2. The van der Waals surface area contributed by atoms with Crippen LogP contribution in [0.15, 0.2) is 53.3 Å². The summed E-state index contributed by atoms with van der Waals surface area (Å²) in [4.78, 5) is 37.0. The van der Waals surface area contributed by atoms with Gasteiger partial charge in [-0.05, 0) is 30.2 Å². The van der Waals surface area contributed by atoms with Gasteiger partial charge in [0.15, 0.2) is 5.69 Å². The zero-order valence-corrected chi connectivity index (χ0v) is 17.1. The van der Waals surface area contributed by atoms with Crippen molar-refractivity contribution in [3.8, 4) is 0 Å². The Hall–Kier alpha value is -3.48. The topological polar surface area (TPSA) is 87.5 Å². The number of hydrogen-bond donors (Lipinski definition) is 0. The van der Waals surface area contributed by atoms with Gasteiger partial charge in [-0.2, -0.15) is 5.10 Å². The number of fused-ring (bicyclic) bond motifs is 1. The van der Waals surface area contributed by atoms with E-state index in [1.807, 2.05) is 0 Å². The van der Waals surface area contributed by atoms with Crippen LogP contribution in [0.3, 0.4) is 0 Å². The van der Waals surface area contributed by atoms with Crippen LogP contribution in [-0.4, -0.2) is 28.8 Å². The molecule has 0 amide bonds. The Morgan fingerprint density at radius 3 is 2.33 bits per heavy atom. The number of ether oxygens (including phenoxy) is 2. The molecule has 3 rings (SSSR count). The minimum Gasteiger partial charge on any atom is -0.465 e. The van der Waals surface area contributed by atoms with Crippen molar-refractivity contribution in [2.24, 2.45) is 0 Å². The van der Waals surface area contributed by atoms with Gasteiger partial charge in [-0.1, -0.05) is 50.1 Å². The van der Waals surface area contributed by atoms with Gasteiger partial charge in [0.25, 0.3) is 5.56 Å². The summed E-state index contributed by atoms with van der Waals surface area (Å²) in [5.74, 6) is -1.04. The second-order valence-electron chi connectivity index (χ2n) is 6.89. The van der Waals surface area contributed by atoms with Crippen molar-refractivity contribution in [3.05, 3.63) is 75.7 Å². The SMILES string of the molecule is CCCCCn1nc(C(=O)OCc2ccc(C(=O)OC)cc2)c2ccccc2c1=O. The molecule has 1 aromatic heterocycles. The molecule has 0 saturated heterocycles. The molecule has 0 unspecified atom stereocenters. The maximum absolute atomic E-state index is 12.8. The van der Waals surface area contributed by atoms with Gasteiger partial charge in [0.1, 0.15) is 6.61 Å². The molecule has 0 spiro atoms. The summed E-state index contributed by atoms with van der Waals surface area (Å²) in [6, 6.07) is 13.5. The Bertz CT molecular complexity index is 1100. The number of carbonyl (C=O) groups is 2. The summed E-state index contributed by atoms with van der Waals surface area (Å²) in [6.45, 7) is 2.55. The third-order valence-corrected chi connectivity index (χ3v) is 4.78. The average molecular weight is 408 g/mol. The highest BCUT2D eigenvalue weighted by molar-refractivity contribution is 6.02. The number of esters is 2. The minimum absolute atomic E-state index is 0.0191. The first-order chi connectivity index (χ1) is 14.5. The first-order valence-electron chi connectivity index (χ1n) is 9.89. The van der Waals surface area contributed by atoms with Crippen molar-refractivity contribution in [2.45, 2.75) is 39.3 Å². The van der Waals surface area contributed by atoms with Crippen LogP contribution in [0, 0.1) is 0 Å². The molecule has 7 heteroatoms. The average Bonchev–Trinajstić information content (AvgIpc) is 2.79. The van der Waals surface area contributed by atoms with E-state index >= 15 is 0 Å². The zero-order chi connectivity index (χ0) is 21.5. The summed E-state index contributed by atoms with van der Waals surface area (Å²) < 4.78 is 11.5. The van der Waals surface area contributed by atoms with Crippen LogP contribution in [0.1, 0.15) is 52.6 Å². The third-order valence-electron chi connectivity index (χ3n) is 4.78. The Morgan fingerprint density at radius 1 is 0.967 bits per heavy atom. The molecule has 2 aromatic carbocycles. The lowest BCUT2D eigenvalue weighted by atomic mass is 10.1. The predicted molar refractivity (Wildman–Crippen MR) is 112 cm³/mol. The van der Waals surface area contributed by atoms with Gasteiger partial charge in [-0.3, -0.25) is 4.79 Å². The predicted octanol–water partition coefficient (Wildman–Crippen LogP) is 3.73. The molecule has 0 bridgehead atoms. The minimum atomic E-state index is -0.604. The number of rotatable bonds is 8. The lowest BCUT2D eigenvalue weighted by Crippen LogP contribution is -2.26. The summed E-state index contributed by atoms with van der Waals surface area (Å²) >= 11 is 0.